The van der Waals surface area contributed by atoms with E-state index in [0.29, 0.717) is 11.9 Å². The Hall–Kier alpha value is -1.89. The standard InChI is InChI=1S/C11H17N5O2/c12-7-1-3-8(4-2-7)14-10-6-5-9(16(17)18)11(13)15-10/h5-8H,1-4,12H2,(H3,13,14,15). The van der Waals surface area contributed by atoms with Crippen LogP contribution < -0.4 is 16.8 Å². The predicted octanol–water partition coefficient (Wildman–Crippen LogP) is 1.25. The summed E-state index contributed by atoms with van der Waals surface area (Å²) in [5, 5.41) is 13.8. The van der Waals surface area contributed by atoms with E-state index in [9.17, 15) is 10.1 Å². The van der Waals surface area contributed by atoms with Crippen LogP contribution in [0.4, 0.5) is 17.3 Å². The molecular weight excluding hydrogens is 234 g/mol. The third kappa shape index (κ3) is 2.86. The van der Waals surface area contributed by atoms with Crippen LogP contribution in [0.15, 0.2) is 12.1 Å². The molecule has 0 unspecified atom stereocenters. The molecule has 0 saturated heterocycles. The first kappa shape index (κ1) is 12.6. The minimum atomic E-state index is -0.536. The van der Waals surface area contributed by atoms with Crippen molar-refractivity contribution in [1.82, 2.24) is 4.98 Å². The molecule has 0 aliphatic heterocycles. The van der Waals surface area contributed by atoms with E-state index in [1.807, 2.05) is 0 Å². The predicted molar refractivity (Wildman–Crippen MR) is 69.2 cm³/mol. The Labute approximate surface area is 105 Å². The molecule has 1 aromatic heterocycles. The molecule has 98 valence electrons. The van der Waals surface area contributed by atoms with Gasteiger partial charge in [0.15, 0.2) is 0 Å². The highest BCUT2D eigenvalue weighted by Gasteiger charge is 2.19. The third-order valence-electron chi connectivity index (χ3n) is 3.22. The van der Waals surface area contributed by atoms with Gasteiger partial charge in [-0.25, -0.2) is 4.98 Å². The molecule has 0 atom stereocenters. The molecule has 1 heterocycles. The molecule has 1 aromatic rings. The Balaban J connectivity index is 2.02. The molecule has 0 aromatic carbocycles. The lowest BCUT2D eigenvalue weighted by Gasteiger charge is -2.27. The van der Waals surface area contributed by atoms with Crippen LogP contribution in [0.2, 0.25) is 0 Å². The van der Waals surface area contributed by atoms with Crippen molar-refractivity contribution in [2.45, 2.75) is 37.8 Å². The highest BCUT2D eigenvalue weighted by Crippen LogP contribution is 2.24. The zero-order chi connectivity index (χ0) is 13.1. The smallest absolute Gasteiger partial charge is 0.311 e. The summed E-state index contributed by atoms with van der Waals surface area (Å²) in [7, 11) is 0. The number of hydrogen-bond donors (Lipinski definition) is 3. The molecule has 18 heavy (non-hydrogen) atoms. The first-order valence-corrected chi connectivity index (χ1v) is 5.99. The molecule has 1 saturated carbocycles. The van der Waals surface area contributed by atoms with Crippen molar-refractivity contribution in [2.24, 2.45) is 5.73 Å². The summed E-state index contributed by atoms with van der Waals surface area (Å²) >= 11 is 0. The number of nitrogens with one attached hydrogen (secondary N) is 1. The topological polar surface area (TPSA) is 120 Å². The number of aromatic nitrogens is 1. The number of hydrogen-bond acceptors (Lipinski definition) is 6. The van der Waals surface area contributed by atoms with Crippen LogP contribution in [-0.4, -0.2) is 22.0 Å². The molecule has 0 spiro atoms. The van der Waals surface area contributed by atoms with E-state index in [4.69, 9.17) is 11.5 Å². The van der Waals surface area contributed by atoms with Gasteiger partial charge in [0.2, 0.25) is 5.82 Å². The average molecular weight is 251 g/mol. The second kappa shape index (κ2) is 5.18. The van der Waals surface area contributed by atoms with Gasteiger partial charge in [0.05, 0.1) is 4.92 Å². The number of nitrogen functional groups attached to an aromatic ring is 1. The van der Waals surface area contributed by atoms with E-state index in [-0.39, 0.29) is 17.5 Å². The molecular formula is C11H17N5O2. The second-order valence-electron chi connectivity index (χ2n) is 4.61. The Kier molecular flexibility index (Phi) is 3.61. The zero-order valence-corrected chi connectivity index (χ0v) is 10.0. The highest BCUT2D eigenvalue weighted by molar-refractivity contribution is 5.57. The van der Waals surface area contributed by atoms with Gasteiger partial charge >= 0.3 is 5.69 Å². The van der Waals surface area contributed by atoms with Crippen LogP contribution in [0.25, 0.3) is 0 Å². The molecule has 0 radical (unpaired) electrons. The lowest BCUT2D eigenvalue weighted by atomic mass is 9.92. The van der Waals surface area contributed by atoms with Crippen LogP contribution in [-0.2, 0) is 0 Å². The van der Waals surface area contributed by atoms with Crippen LogP contribution in [0.5, 0.6) is 0 Å². The Morgan fingerprint density at radius 3 is 2.56 bits per heavy atom. The molecule has 1 aliphatic carbocycles. The summed E-state index contributed by atoms with van der Waals surface area (Å²) in [5.74, 6) is 0.524. The van der Waals surface area contributed by atoms with E-state index < -0.39 is 4.92 Å². The van der Waals surface area contributed by atoms with Gasteiger partial charge in [-0.05, 0) is 31.7 Å². The molecule has 5 N–H and O–H groups in total. The van der Waals surface area contributed by atoms with E-state index in [1.54, 1.807) is 6.07 Å². The number of anilines is 2. The molecule has 1 aliphatic rings. The van der Waals surface area contributed by atoms with Crippen molar-refractivity contribution in [1.29, 1.82) is 0 Å². The molecule has 0 bridgehead atoms. The third-order valence-corrected chi connectivity index (χ3v) is 3.22. The van der Waals surface area contributed by atoms with Gasteiger partial charge in [-0.2, -0.15) is 0 Å². The summed E-state index contributed by atoms with van der Waals surface area (Å²) in [5.41, 5.74) is 11.2. The van der Waals surface area contributed by atoms with Gasteiger partial charge in [-0.1, -0.05) is 0 Å². The lowest BCUT2D eigenvalue weighted by Crippen LogP contribution is -2.33. The second-order valence-corrected chi connectivity index (χ2v) is 4.61. The minimum Gasteiger partial charge on any atom is -0.378 e. The number of nitrogens with zero attached hydrogens (tertiary/aromatic N) is 2. The largest absolute Gasteiger partial charge is 0.378 e. The first-order valence-electron chi connectivity index (χ1n) is 5.99. The molecule has 0 amide bonds. The monoisotopic (exact) mass is 251 g/mol. The van der Waals surface area contributed by atoms with Gasteiger partial charge in [-0.3, -0.25) is 10.1 Å². The zero-order valence-electron chi connectivity index (χ0n) is 10.0. The van der Waals surface area contributed by atoms with Gasteiger partial charge in [0, 0.05) is 18.2 Å². The van der Waals surface area contributed by atoms with E-state index >= 15 is 0 Å². The van der Waals surface area contributed by atoms with E-state index in [0.717, 1.165) is 25.7 Å². The van der Waals surface area contributed by atoms with Crippen molar-refractivity contribution >= 4 is 17.3 Å². The summed E-state index contributed by atoms with van der Waals surface area (Å²) in [6.07, 6.45) is 3.94. The maximum absolute atomic E-state index is 10.6. The summed E-state index contributed by atoms with van der Waals surface area (Å²) in [6.45, 7) is 0. The summed E-state index contributed by atoms with van der Waals surface area (Å²) < 4.78 is 0. The minimum absolute atomic E-state index is 0.0579. The van der Waals surface area contributed by atoms with Crippen LogP contribution >= 0.6 is 0 Å². The maximum Gasteiger partial charge on any atom is 0.311 e. The maximum atomic E-state index is 10.6. The van der Waals surface area contributed by atoms with Crippen molar-refractivity contribution in [2.75, 3.05) is 11.1 Å². The fourth-order valence-corrected chi connectivity index (χ4v) is 2.18. The quantitative estimate of drug-likeness (QED) is 0.549. The fraction of sp³-hybridized carbons (Fsp3) is 0.545. The Bertz CT molecular complexity index is 443. The molecule has 7 nitrogen and oxygen atoms in total. The normalized spacial score (nSPS) is 23.6. The lowest BCUT2D eigenvalue weighted by molar-refractivity contribution is -0.384. The van der Waals surface area contributed by atoms with Crippen molar-refractivity contribution in [3.05, 3.63) is 22.2 Å². The van der Waals surface area contributed by atoms with Crippen LogP contribution in [0, 0.1) is 10.1 Å². The summed E-state index contributed by atoms with van der Waals surface area (Å²) in [4.78, 5) is 14.1. The van der Waals surface area contributed by atoms with E-state index in [1.165, 1.54) is 6.07 Å². The van der Waals surface area contributed by atoms with Crippen molar-refractivity contribution < 1.29 is 4.92 Å². The Morgan fingerprint density at radius 1 is 1.33 bits per heavy atom. The van der Waals surface area contributed by atoms with Gasteiger partial charge in [-0.15, -0.1) is 0 Å². The Morgan fingerprint density at radius 2 is 2.00 bits per heavy atom. The van der Waals surface area contributed by atoms with E-state index in [2.05, 4.69) is 10.3 Å². The van der Waals surface area contributed by atoms with Crippen LogP contribution in [0.3, 0.4) is 0 Å². The number of pyridine rings is 1. The summed E-state index contributed by atoms with van der Waals surface area (Å²) in [6, 6.07) is 3.57. The van der Waals surface area contributed by atoms with Gasteiger partial charge < -0.3 is 16.8 Å². The number of rotatable bonds is 3. The average Bonchev–Trinajstić information content (AvgIpc) is 2.32. The molecule has 2 rings (SSSR count). The fourth-order valence-electron chi connectivity index (χ4n) is 2.18. The van der Waals surface area contributed by atoms with Crippen molar-refractivity contribution in [3.63, 3.8) is 0 Å². The van der Waals surface area contributed by atoms with Crippen LogP contribution in [0.1, 0.15) is 25.7 Å². The molecule has 7 heteroatoms. The van der Waals surface area contributed by atoms with Gasteiger partial charge in [0.25, 0.3) is 0 Å². The SMILES string of the molecule is Nc1nc(NC2CCC(N)CC2)ccc1[N+](=O)[O-]. The van der Waals surface area contributed by atoms with Gasteiger partial charge in [0.1, 0.15) is 5.82 Å². The van der Waals surface area contributed by atoms with Crippen molar-refractivity contribution in [3.8, 4) is 0 Å². The number of nitro groups is 1. The molecule has 1 fully saturated rings. The number of nitrogens with two attached hydrogens (primary N) is 2. The first-order chi connectivity index (χ1) is 8.56. The highest BCUT2D eigenvalue weighted by atomic mass is 16.6.